The van der Waals surface area contributed by atoms with E-state index in [0.717, 1.165) is 12.0 Å². The van der Waals surface area contributed by atoms with Gasteiger partial charge in [0.25, 0.3) is 0 Å². The van der Waals surface area contributed by atoms with Gasteiger partial charge in [-0.2, -0.15) is 0 Å². The Labute approximate surface area is 94.4 Å². The molecule has 0 spiro atoms. The number of nitrogens with one attached hydrogen (secondary N) is 2. The Morgan fingerprint density at radius 2 is 2.00 bits per heavy atom. The van der Waals surface area contributed by atoms with Crippen LogP contribution in [0.15, 0.2) is 18.7 Å². The second-order valence-electron chi connectivity index (χ2n) is 3.17. The average Bonchev–Trinajstić information content (AvgIpc) is 2.31. The van der Waals surface area contributed by atoms with E-state index in [0.29, 0.717) is 19.7 Å². The van der Waals surface area contributed by atoms with E-state index >= 15 is 0 Å². The predicted octanol–water partition coefficient (Wildman–Crippen LogP) is -0.0353. The van der Waals surface area contributed by atoms with Crippen LogP contribution in [0.3, 0.4) is 0 Å². The summed E-state index contributed by atoms with van der Waals surface area (Å²) in [7, 11) is 1.59. The number of ether oxygens (including phenoxy) is 1. The smallest absolute Gasteiger partial charge is 0.314 e. The van der Waals surface area contributed by atoms with Gasteiger partial charge in [-0.3, -0.25) is 0 Å². The molecular weight excluding hydrogens is 208 g/mol. The van der Waals surface area contributed by atoms with Crippen LogP contribution >= 0.6 is 0 Å². The van der Waals surface area contributed by atoms with Gasteiger partial charge in [0, 0.05) is 32.6 Å². The van der Waals surface area contributed by atoms with Crippen LogP contribution in [0.4, 0.5) is 4.79 Å². The third kappa shape index (κ3) is 5.26. The summed E-state index contributed by atoms with van der Waals surface area (Å²) in [5.41, 5.74) is 1.000. The van der Waals surface area contributed by atoms with E-state index in [1.165, 1.54) is 6.33 Å². The minimum Gasteiger partial charge on any atom is -0.383 e. The zero-order chi connectivity index (χ0) is 11.6. The first kappa shape index (κ1) is 12.4. The van der Waals surface area contributed by atoms with Crippen LogP contribution < -0.4 is 10.6 Å². The van der Waals surface area contributed by atoms with Crippen LogP contribution in [0.1, 0.15) is 5.56 Å². The summed E-state index contributed by atoms with van der Waals surface area (Å²) in [6.45, 7) is 1.59. The Morgan fingerprint density at radius 3 is 2.69 bits per heavy atom. The predicted molar refractivity (Wildman–Crippen MR) is 59.0 cm³/mol. The minimum absolute atomic E-state index is 0.186. The van der Waals surface area contributed by atoms with Crippen LogP contribution in [-0.4, -0.2) is 42.8 Å². The number of nitrogens with zero attached hydrogens (tertiary/aromatic N) is 2. The number of carbonyl (C=O) groups excluding carboxylic acids is 1. The highest BCUT2D eigenvalue weighted by atomic mass is 16.5. The van der Waals surface area contributed by atoms with Crippen LogP contribution in [0.2, 0.25) is 0 Å². The molecular formula is C10H16N4O2. The summed E-state index contributed by atoms with van der Waals surface area (Å²) in [6, 6.07) is -0.186. The third-order valence-electron chi connectivity index (χ3n) is 1.91. The lowest BCUT2D eigenvalue weighted by Gasteiger charge is -2.06. The molecule has 1 rings (SSSR count). The largest absolute Gasteiger partial charge is 0.383 e. The normalized spacial score (nSPS) is 9.81. The van der Waals surface area contributed by atoms with Crippen molar-refractivity contribution in [1.82, 2.24) is 20.6 Å². The third-order valence-corrected chi connectivity index (χ3v) is 1.91. The second-order valence-corrected chi connectivity index (χ2v) is 3.17. The first-order valence-corrected chi connectivity index (χ1v) is 5.07. The summed E-state index contributed by atoms with van der Waals surface area (Å²) >= 11 is 0. The molecule has 0 bridgehead atoms. The van der Waals surface area contributed by atoms with Gasteiger partial charge in [-0.25, -0.2) is 14.8 Å². The number of methoxy groups -OCH3 is 1. The Morgan fingerprint density at radius 1 is 1.31 bits per heavy atom. The van der Waals surface area contributed by atoms with Gasteiger partial charge in [-0.1, -0.05) is 0 Å². The molecule has 0 saturated heterocycles. The molecule has 1 aromatic heterocycles. The molecule has 0 atom stereocenters. The van der Waals surface area contributed by atoms with E-state index in [9.17, 15) is 4.79 Å². The van der Waals surface area contributed by atoms with E-state index in [1.54, 1.807) is 19.5 Å². The van der Waals surface area contributed by atoms with E-state index in [2.05, 4.69) is 20.6 Å². The number of urea groups is 1. The Kier molecular flexibility index (Phi) is 5.87. The molecule has 0 saturated carbocycles. The Balaban J connectivity index is 2.09. The van der Waals surface area contributed by atoms with Gasteiger partial charge in [-0.15, -0.1) is 0 Å². The highest BCUT2D eigenvalue weighted by Crippen LogP contribution is 1.92. The van der Waals surface area contributed by atoms with E-state index in [1.807, 2.05) is 0 Å². The van der Waals surface area contributed by atoms with Crippen LogP contribution in [0.25, 0.3) is 0 Å². The van der Waals surface area contributed by atoms with Crippen molar-refractivity contribution in [3.05, 3.63) is 24.3 Å². The summed E-state index contributed by atoms with van der Waals surface area (Å²) < 4.78 is 4.81. The summed E-state index contributed by atoms with van der Waals surface area (Å²) in [6.07, 6.45) is 5.67. The number of amides is 2. The molecule has 88 valence electrons. The van der Waals surface area contributed by atoms with Gasteiger partial charge in [0.15, 0.2) is 0 Å². The molecule has 6 nitrogen and oxygen atoms in total. The van der Waals surface area contributed by atoms with Crippen LogP contribution in [0, 0.1) is 0 Å². The maximum absolute atomic E-state index is 11.2. The number of aromatic nitrogens is 2. The molecule has 2 N–H and O–H groups in total. The molecule has 6 heteroatoms. The summed E-state index contributed by atoms with van der Waals surface area (Å²) in [4.78, 5) is 19.0. The number of carbonyl (C=O) groups is 1. The Bertz CT molecular complexity index is 305. The maximum Gasteiger partial charge on any atom is 0.314 e. The first-order valence-electron chi connectivity index (χ1n) is 5.07. The lowest BCUT2D eigenvalue weighted by Crippen LogP contribution is -2.38. The van der Waals surface area contributed by atoms with Gasteiger partial charge in [0.05, 0.1) is 6.61 Å². The molecule has 0 aromatic carbocycles. The van der Waals surface area contributed by atoms with E-state index in [4.69, 9.17) is 4.74 Å². The topological polar surface area (TPSA) is 76.1 Å². The highest BCUT2D eigenvalue weighted by molar-refractivity contribution is 5.73. The lowest BCUT2D eigenvalue weighted by molar-refractivity contribution is 0.196. The fourth-order valence-corrected chi connectivity index (χ4v) is 1.11. The van der Waals surface area contributed by atoms with Crippen molar-refractivity contribution in [1.29, 1.82) is 0 Å². The zero-order valence-corrected chi connectivity index (χ0v) is 9.27. The van der Waals surface area contributed by atoms with Gasteiger partial charge >= 0.3 is 6.03 Å². The fraction of sp³-hybridized carbons (Fsp3) is 0.500. The molecule has 0 fully saturated rings. The molecule has 1 heterocycles. The summed E-state index contributed by atoms with van der Waals surface area (Å²) in [5, 5.41) is 5.39. The molecule has 0 aliphatic rings. The van der Waals surface area contributed by atoms with Gasteiger partial charge in [0.2, 0.25) is 0 Å². The minimum atomic E-state index is -0.186. The molecule has 0 unspecified atom stereocenters. The Hall–Kier alpha value is -1.69. The number of rotatable bonds is 6. The molecule has 0 radical (unpaired) electrons. The molecule has 16 heavy (non-hydrogen) atoms. The maximum atomic E-state index is 11.2. The van der Waals surface area contributed by atoms with Crippen molar-refractivity contribution in [2.75, 3.05) is 26.8 Å². The van der Waals surface area contributed by atoms with Crippen LogP contribution in [0.5, 0.6) is 0 Å². The second kappa shape index (κ2) is 7.58. The number of hydrogen-bond acceptors (Lipinski definition) is 4. The van der Waals surface area contributed by atoms with Crippen molar-refractivity contribution in [3.63, 3.8) is 0 Å². The fourth-order valence-electron chi connectivity index (χ4n) is 1.11. The van der Waals surface area contributed by atoms with E-state index in [-0.39, 0.29) is 6.03 Å². The zero-order valence-electron chi connectivity index (χ0n) is 9.27. The van der Waals surface area contributed by atoms with Crippen molar-refractivity contribution in [3.8, 4) is 0 Å². The number of hydrogen-bond donors (Lipinski definition) is 2. The molecule has 0 aliphatic heterocycles. The van der Waals surface area contributed by atoms with Crippen molar-refractivity contribution >= 4 is 6.03 Å². The van der Waals surface area contributed by atoms with Crippen molar-refractivity contribution < 1.29 is 9.53 Å². The van der Waals surface area contributed by atoms with E-state index < -0.39 is 0 Å². The monoisotopic (exact) mass is 224 g/mol. The van der Waals surface area contributed by atoms with Crippen molar-refractivity contribution in [2.24, 2.45) is 0 Å². The van der Waals surface area contributed by atoms with Gasteiger partial charge in [-0.05, 0) is 12.0 Å². The molecule has 2 amide bonds. The quantitative estimate of drug-likeness (QED) is 0.665. The molecule has 1 aromatic rings. The average molecular weight is 224 g/mol. The summed E-state index contributed by atoms with van der Waals surface area (Å²) in [5.74, 6) is 0. The lowest BCUT2D eigenvalue weighted by atomic mass is 10.2. The SMILES string of the molecule is COCCNC(=O)NCCc1cncnc1. The van der Waals surface area contributed by atoms with Crippen LogP contribution in [-0.2, 0) is 11.2 Å². The van der Waals surface area contributed by atoms with Gasteiger partial charge in [0.1, 0.15) is 6.33 Å². The van der Waals surface area contributed by atoms with Crippen molar-refractivity contribution in [2.45, 2.75) is 6.42 Å². The highest BCUT2D eigenvalue weighted by Gasteiger charge is 1.98. The standard InChI is InChI=1S/C10H16N4O2/c1-16-5-4-14-10(15)13-3-2-9-6-11-8-12-7-9/h6-8H,2-5H2,1H3,(H2,13,14,15). The first-order chi connectivity index (χ1) is 7.83. The van der Waals surface area contributed by atoms with Gasteiger partial charge < -0.3 is 15.4 Å². The molecule has 0 aliphatic carbocycles.